The minimum absolute atomic E-state index is 0.718. The molecule has 2 heteroatoms. The standard InChI is InChI=1S/C13H16N2/c14-8-6-13-7-9-15(11-13)10-12-4-2-1-3-5-12/h1-5,7,9,11H,6,8,10,14H2. The van der Waals surface area contributed by atoms with Gasteiger partial charge in [0, 0.05) is 18.9 Å². The molecule has 0 bridgehead atoms. The van der Waals surface area contributed by atoms with Gasteiger partial charge in [0.2, 0.25) is 0 Å². The van der Waals surface area contributed by atoms with Crippen LogP contribution in [0, 0.1) is 0 Å². The van der Waals surface area contributed by atoms with E-state index in [0.29, 0.717) is 0 Å². The van der Waals surface area contributed by atoms with Crippen LogP contribution >= 0.6 is 0 Å². The first-order valence-corrected chi connectivity index (χ1v) is 5.27. The lowest BCUT2D eigenvalue weighted by Crippen LogP contribution is -2.02. The van der Waals surface area contributed by atoms with Crippen molar-refractivity contribution in [3.8, 4) is 0 Å². The van der Waals surface area contributed by atoms with Crippen LogP contribution in [-0.2, 0) is 13.0 Å². The second-order valence-corrected chi connectivity index (χ2v) is 3.72. The largest absolute Gasteiger partial charge is 0.350 e. The summed E-state index contributed by atoms with van der Waals surface area (Å²) in [6.07, 6.45) is 5.24. The topological polar surface area (TPSA) is 30.9 Å². The number of nitrogens with zero attached hydrogens (tertiary/aromatic N) is 1. The molecule has 0 amide bonds. The van der Waals surface area contributed by atoms with Gasteiger partial charge in [-0.2, -0.15) is 0 Å². The van der Waals surface area contributed by atoms with Gasteiger partial charge in [-0.25, -0.2) is 0 Å². The Labute approximate surface area is 90.3 Å². The summed E-state index contributed by atoms with van der Waals surface area (Å²) in [4.78, 5) is 0. The van der Waals surface area contributed by atoms with Crippen molar-refractivity contribution in [2.75, 3.05) is 6.54 Å². The SMILES string of the molecule is NCCc1ccn(Cc2ccccc2)c1. The van der Waals surface area contributed by atoms with Gasteiger partial charge in [0.25, 0.3) is 0 Å². The summed E-state index contributed by atoms with van der Waals surface area (Å²) in [5.41, 5.74) is 8.15. The van der Waals surface area contributed by atoms with E-state index in [1.54, 1.807) is 0 Å². The maximum absolute atomic E-state index is 5.51. The summed E-state index contributed by atoms with van der Waals surface area (Å²) in [6.45, 7) is 1.65. The van der Waals surface area contributed by atoms with Gasteiger partial charge >= 0.3 is 0 Å². The minimum atomic E-state index is 0.718. The Morgan fingerprint density at radius 2 is 1.80 bits per heavy atom. The number of hydrogen-bond donors (Lipinski definition) is 1. The summed E-state index contributed by atoms with van der Waals surface area (Å²) in [7, 11) is 0. The monoisotopic (exact) mass is 200 g/mol. The van der Waals surface area contributed by atoms with E-state index in [-0.39, 0.29) is 0 Å². The number of nitrogens with two attached hydrogens (primary N) is 1. The Bertz CT molecular complexity index is 403. The molecule has 0 saturated carbocycles. The molecule has 0 aliphatic heterocycles. The van der Waals surface area contributed by atoms with Gasteiger partial charge in [-0.1, -0.05) is 30.3 Å². The third kappa shape index (κ3) is 2.70. The minimum Gasteiger partial charge on any atom is -0.350 e. The lowest BCUT2D eigenvalue weighted by atomic mass is 10.2. The molecule has 0 atom stereocenters. The highest BCUT2D eigenvalue weighted by atomic mass is 14.9. The number of hydrogen-bond acceptors (Lipinski definition) is 1. The molecular formula is C13H16N2. The highest BCUT2D eigenvalue weighted by Gasteiger charge is 1.96. The van der Waals surface area contributed by atoms with Crippen molar-refractivity contribution in [2.24, 2.45) is 5.73 Å². The average molecular weight is 200 g/mol. The van der Waals surface area contributed by atoms with E-state index in [4.69, 9.17) is 5.73 Å². The van der Waals surface area contributed by atoms with Crippen LogP contribution in [0.1, 0.15) is 11.1 Å². The van der Waals surface area contributed by atoms with Gasteiger partial charge in [0.05, 0.1) is 0 Å². The van der Waals surface area contributed by atoms with Crippen LogP contribution in [0.25, 0.3) is 0 Å². The Kier molecular flexibility index (Phi) is 3.20. The van der Waals surface area contributed by atoms with Crippen LogP contribution in [0.3, 0.4) is 0 Å². The van der Waals surface area contributed by atoms with E-state index >= 15 is 0 Å². The van der Waals surface area contributed by atoms with Gasteiger partial charge in [-0.15, -0.1) is 0 Å². The second-order valence-electron chi connectivity index (χ2n) is 3.72. The molecule has 15 heavy (non-hydrogen) atoms. The fourth-order valence-electron chi connectivity index (χ4n) is 1.70. The fraction of sp³-hybridized carbons (Fsp3) is 0.231. The molecular weight excluding hydrogens is 184 g/mol. The van der Waals surface area contributed by atoms with Crippen LogP contribution in [0.2, 0.25) is 0 Å². The molecule has 0 fully saturated rings. The van der Waals surface area contributed by atoms with E-state index < -0.39 is 0 Å². The molecule has 1 heterocycles. The molecule has 1 aromatic carbocycles. The fourth-order valence-corrected chi connectivity index (χ4v) is 1.70. The smallest absolute Gasteiger partial charge is 0.0470 e. The van der Waals surface area contributed by atoms with E-state index in [0.717, 1.165) is 19.5 Å². The number of aromatic nitrogens is 1. The summed E-state index contributed by atoms with van der Waals surface area (Å²) >= 11 is 0. The number of rotatable bonds is 4. The zero-order valence-corrected chi connectivity index (χ0v) is 8.76. The van der Waals surface area contributed by atoms with E-state index in [1.807, 2.05) is 6.07 Å². The lowest BCUT2D eigenvalue weighted by molar-refractivity contribution is 0.800. The summed E-state index contributed by atoms with van der Waals surface area (Å²) in [5, 5.41) is 0. The molecule has 0 radical (unpaired) electrons. The van der Waals surface area contributed by atoms with Crippen molar-refractivity contribution in [1.29, 1.82) is 0 Å². The molecule has 0 aliphatic carbocycles. The van der Waals surface area contributed by atoms with Gasteiger partial charge in [0.15, 0.2) is 0 Å². The van der Waals surface area contributed by atoms with E-state index in [1.165, 1.54) is 11.1 Å². The van der Waals surface area contributed by atoms with Crippen molar-refractivity contribution in [3.63, 3.8) is 0 Å². The van der Waals surface area contributed by atoms with Crippen molar-refractivity contribution >= 4 is 0 Å². The maximum Gasteiger partial charge on any atom is 0.0470 e. The third-order valence-electron chi connectivity index (χ3n) is 2.45. The Morgan fingerprint density at radius 3 is 2.53 bits per heavy atom. The molecule has 0 unspecified atom stereocenters. The molecule has 2 N–H and O–H groups in total. The first-order valence-electron chi connectivity index (χ1n) is 5.27. The second kappa shape index (κ2) is 4.80. The molecule has 0 saturated heterocycles. The van der Waals surface area contributed by atoms with Crippen LogP contribution in [-0.4, -0.2) is 11.1 Å². The zero-order valence-electron chi connectivity index (χ0n) is 8.76. The summed E-state index contributed by atoms with van der Waals surface area (Å²) in [6, 6.07) is 12.6. The normalized spacial score (nSPS) is 10.5. The Balaban J connectivity index is 2.05. The van der Waals surface area contributed by atoms with Crippen molar-refractivity contribution in [1.82, 2.24) is 4.57 Å². The highest BCUT2D eigenvalue weighted by molar-refractivity contribution is 5.17. The molecule has 0 aliphatic rings. The van der Waals surface area contributed by atoms with Crippen LogP contribution in [0.5, 0.6) is 0 Å². The van der Waals surface area contributed by atoms with Crippen LogP contribution in [0.15, 0.2) is 48.8 Å². The molecule has 0 spiro atoms. The third-order valence-corrected chi connectivity index (χ3v) is 2.45. The van der Waals surface area contributed by atoms with Gasteiger partial charge in [-0.3, -0.25) is 0 Å². The molecule has 78 valence electrons. The van der Waals surface area contributed by atoms with E-state index in [2.05, 4.69) is 47.3 Å². The van der Waals surface area contributed by atoms with Gasteiger partial charge in [-0.05, 0) is 30.2 Å². The Morgan fingerprint density at radius 1 is 1.00 bits per heavy atom. The predicted molar refractivity (Wildman–Crippen MR) is 62.7 cm³/mol. The van der Waals surface area contributed by atoms with Crippen molar-refractivity contribution in [2.45, 2.75) is 13.0 Å². The highest BCUT2D eigenvalue weighted by Crippen LogP contribution is 2.06. The first kappa shape index (κ1) is 9.99. The van der Waals surface area contributed by atoms with Crippen molar-refractivity contribution in [3.05, 3.63) is 59.9 Å². The first-order chi connectivity index (χ1) is 7.38. The van der Waals surface area contributed by atoms with Gasteiger partial charge in [0.1, 0.15) is 0 Å². The quantitative estimate of drug-likeness (QED) is 0.804. The molecule has 2 aromatic rings. The molecule has 2 rings (SSSR count). The van der Waals surface area contributed by atoms with Gasteiger partial charge < -0.3 is 10.3 Å². The average Bonchev–Trinajstić information content (AvgIpc) is 2.68. The zero-order chi connectivity index (χ0) is 10.5. The van der Waals surface area contributed by atoms with Crippen molar-refractivity contribution < 1.29 is 0 Å². The summed E-state index contributed by atoms with van der Waals surface area (Å²) in [5.74, 6) is 0. The lowest BCUT2D eigenvalue weighted by Gasteiger charge is -2.02. The number of benzene rings is 1. The molecule has 2 nitrogen and oxygen atoms in total. The maximum atomic E-state index is 5.51. The predicted octanol–water partition coefficient (Wildman–Crippen LogP) is 2.04. The Hall–Kier alpha value is -1.54. The van der Waals surface area contributed by atoms with Crippen LogP contribution in [0.4, 0.5) is 0 Å². The summed E-state index contributed by atoms with van der Waals surface area (Å²) < 4.78 is 2.19. The molecule has 1 aromatic heterocycles. The van der Waals surface area contributed by atoms with Crippen LogP contribution < -0.4 is 5.73 Å². The van der Waals surface area contributed by atoms with E-state index in [9.17, 15) is 0 Å².